The van der Waals surface area contributed by atoms with E-state index in [2.05, 4.69) is 20.3 Å². The van der Waals surface area contributed by atoms with Gasteiger partial charge >= 0.3 is 5.97 Å². The van der Waals surface area contributed by atoms with Crippen LogP contribution in [0.3, 0.4) is 0 Å². The highest BCUT2D eigenvalue weighted by atomic mass is 16.5. The van der Waals surface area contributed by atoms with Gasteiger partial charge in [-0.25, -0.2) is 0 Å². The molecule has 0 spiro atoms. The molecule has 3 N–H and O–H groups in total. The van der Waals surface area contributed by atoms with Crippen molar-refractivity contribution in [3.8, 4) is 0 Å². The fraction of sp³-hybridized carbons (Fsp3) is 0.400. The molecule has 0 unspecified atom stereocenters. The van der Waals surface area contributed by atoms with Crippen LogP contribution < -0.4 is 11.1 Å². The van der Waals surface area contributed by atoms with Crippen molar-refractivity contribution in [2.45, 2.75) is 32.3 Å². The number of nitrogens with zero attached hydrogens (tertiary/aromatic N) is 4. The molecule has 156 valence electrons. The van der Waals surface area contributed by atoms with Crippen LogP contribution in [0.4, 0.5) is 17.6 Å². The first-order valence-corrected chi connectivity index (χ1v) is 9.84. The van der Waals surface area contributed by atoms with Gasteiger partial charge in [-0.1, -0.05) is 31.0 Å². The highest BCUT2D eigenvalue weighted by molar-refractivity contribution is 6.07. The van der Waals surface area contributed by atoms with E-state index in [-0.39, 0.29) is 48.0 Å². The fourth-order valence-electron chi connectivity index (χ4n) is 3.92. The Hall–Kier alpha value is -3.56. The first kappa shape index (κ1) is 19.7. The van der Waals surface area contributed by atoms with Crippen LogP contribution >= 0.6 is 0 Å². The lowest BCUT2D eigenvalue weighted by atomic mass is 9.81. The van der Waals surface area contributed by atoms with Crippen molar-refractivity contribution < 1.29 is 19.1 Å². The highest BCUT2D eigenvalue weighted by Crippen LogP contribution is 2.37. The van der Waals surface area contributed by atoms with Gasteiger partial charge in [0.25, 0.3) is 0 Å². The van der Waals surface area contributed by atoms with Crippen LogP contribution in [0.1, 0.15) is 31.5 Å². The van der Waals surface area contributed by atoms with Crippen molar-refractivity contribution in [1.29, 1.82) is 0 Å². The minimum absolute atomic E-state index is 0.0246. The van der Waals surface area contributed by atoms with Gasteiger partial charge in [0.2, 0.25) is 23.7 Å². The molecule has 1 aliphatic heterocycles. The number of esters is 1. The zero-order valence-corrected chi connectivity index (χ0v) is 16.3. The Balaban J connectivity index is 1.36. The van der Waals surface area contributed by atoms with Gasteiger partial charge < -0.3 is 15.8 Å². The van der Waals surface area contributed by atoms with Gasteiger partial charge in [-0.3, -0.25) is 19.3 Å². The number of nitrogens with two attached hydrogens (primary N) is 1. The Kier molecular flexibility index (Phi) is 5.55. The molecule has 2 fully saturated rings. The number of nitrogens with one attached hydrogen (secondary N) is 1. The summed E-state index contributed by atoms with van der Waals surface area (Å²) >= 11 is 0. The van der Waals surface area contributed by atoms with Gasteiger partial charge in [-0.2, -0.15) is 15.0 Å². The maximum Gasteiger partial charge on any atom is 0.326 e. The number of nitrogen functional groups attached to an aromatic ring is 1. The van der Waals surface area contributed by atoms with E-state index in [1.54, 1.807) is 0 Å². The molecule has 0 radical (unpaired) electrons. The van der Waals surface area contributed by atoms with Gasteiger partial charge in [-0.15, -0.1) is 0 Å². The lowest BCUT2D eigenvalue weighted by molar-refractivity contribution is -0.154. The molecule has 2 aliphatic rings. The number of likely N-dealkylation sites (tertiary alicyclic amines) is 1. The van der Waals surface area contributed by atoms with Gasteiger partial charge in [0, 0.05) is 5.69 Å². The average molecular weight is 410 g/mol. The SMILES string of the molecule is Nc1nc(COC(=O)CN2C(=O)[C@H]3CCCC[C@H]3C2=O)nc(Nc2ccccc2)n1. The molecule has 4 rings (SSSR count). The summed E-state index contributed by atoms with van der Waals surface area (Å²) in [6.07, 6.45) is 3.25. The first-order valence-electron chi connectivity index (χ1n) is 9.84. The molecule has 2 heterocycles. The summed E-state index contributed by atoms with van der Waals surface area (Å²) in [5.41, 5.74) is 6.48. The third kappa shape index (κ3) is 4.22. The number of amides is 2. The van der Waals surface area contributed by atoms with Crippen LogP contribution in [0, 0.1) is 11.8 Å². The molecule has 10 nitrogen and oxygen atoms in total. The second-order valence-electron chi connectivity index (χ2n) is 7.35. The number of fused-ring (bicyclic) bond motifs is 1. The van der Waals surface area contributed by atoms with E-state index >= 15 is 0 Å². The molecule has 1 saturated heterocycles. The Morgan fingerprint density at radius 2 is 1.73 bits per heavy atom. The summed E-state index contributed by atoms with van der Waals surface area (Å²) in [5, 5.41) is 2.99. The Morgan fingerprint density at radius 3 is 2.40 bits per heavy atom. The summed E-state index contributed by atoms with van der Waals surface area (Å²) in [6, 6.07) is 9.25. The topological polar surface area (TPSA) is 140 Å². The standard InChI is InChI=1S/C20H22N6O4/c21-19-23-15(24-20(25-19)22-12-6-2-1-3-7-12)11-30-16(27)10-26-17(28)13-8-4-5-9-14(13)18(26)29/h1-3,6-7,13-14H,4-5,8-11H2,(H3,21,22,23,24,25)/t13-,14+. The minimum atomic E-state index is -0.702. The molecule has 1 aromatic carbocycles. The molecule has 1 saturated carbocycles. The summed E-state index contributed by atoms with van der Waals surface area (Å²) in [5.74, 6) is -1.50. The Bertz CT molecular complexity index is 943. The van der Waals surface area contributed by atoms with Crippen LogP contribution in [-0.2, 0) is 25.7 Å². The van der Waals surface area contributed by atoms with Crippen molar-refractivity contribution in [1.82, 2.24) is 19.9 Å². The fourth-order valence-corrected chi connectivity index (χ4v) is 3.92. The predicted molar refractivity (Wildman–Crippen MR) is 106 cm³/mol. The van der Waals surface area contributed by atoms with Gasteiger partial charge in [-0.05, 0) is 25.0 Å². The van der Waals surface area contributed by atoms with E-state index in [0.29, 0.717) is 12.8 Å². The molecule has 1 aromatic heterocycles. The number of carbonyl (C=O) groups is 3. The summed E-state index contributed by atoms with van der Waals surface area (Å²) in [4.78, 5) is 50.3. The number of anilines is 3. The number of benzene rings is 1. The van der Waals surface area contributed by atoms with Crippen molar-refractivity contribution in [2.75, 3.05) is 17.6 Å². The number of hydrogen-bond acceptors (Lipinski definition) is 9. The van der Waals surface area contributed by atoms with Gasteiger partial charge in [0.15, 0.2) is 12.4 Å². The molecule has 1 aliphatic carbocycles. The molecule has 2 aromatic rings. The summed E-state index contributed by atoms with van der Waals surface area (Å²) in [7, 11) is 0. The third-order valence-electron chi connectivity index (χ3n) is 5.31. The lowest BCUT2D eigenvalue weighted by Crippen LogP contribution is -2.36. The maximum absolute atomic E-state index is 12.5. The molecule has 30 heavy (non-hydrogen) atoms. The van der Waals surface area contributed by atoms with Crippen molar-refractivity contribution in [2.24, 2.45) is 11.8 Å². The number of ether oxygens (including phenoxy) is 1. The largest absolute Gasteiger partial charge is 0.456 e. The van der Waals surface area contributed by atoms with Gasteiger partial charge in [0.1, 0.15) is 6.54 Å². The Morgan fingerprint density at radius 1 is 1.07 bits per heavy atom. The lowest BCUT2D eigenvalue weighted by Gasteiger charge is -2.19. The smallest absolute Gasteiger partial charge is 0.326 e. The van der Waals surface area contributed by atoms with Crippen LogP contribution in [0.5, 0.6) is 0 Å². The van der Waals surface area contributed by atoms with E-state index in [9.17, 15) is 14.4 Å². The summed E-state index contributed by atoms with van der Waals surface area (Å²) in [6.45, 7) is -0.654. The normalized spacial score (nSPS) is 20.7. The van der Waals surface area contributed by atoms with Crippen LogP contribution in [0.15, 0.2) is 30.3 Å². The van der Waals surface area contributed by atoms with E-state index < -0.39 is 12.5 Å². The van der Waals surface area contributed by atoms with E-state index in [1.165, 1.54) is 0 Å². The molecular weight excluding hydrogens is 388 g/mol. The summed E-state index contributed by atoms with van der Waals surface area (Å²) < 4.78 is 5.18. The second kappa shape index (κ2) is 8.44. The maximum atomic E-state index is 12.5. The molecule has 2 atom stereocenters. The van der Waals surface area contributed by atoms with Crippen LogP contribution in [-0.4, -0.2) is 44.2 Å². The number of rotatable bonds is 6. The Labute approximate surface area is 172 Å². The molecule has 2 amide bonds. The number of aromatic nitrogens is 3. The molecular formula is C20H22N6O4. The van der Waals surface area contributed by atoms with Crippen LogP contribution in [0.2, 0.25) is 0 Å². The molecule has 10 heteroatoms. The van der Waals surface area contributed by atoms with Crippen molar-refractivity contribution in [3.05, 3.63) is 36.2 Å². The van der Waals surface area contributed by atoms with Crippen molar-refractivity contribution in [3.63, 3.8) is 0 Å². The number of carbonyl (C=O) groups excluding carboxylic acids is 3. The zero-order chi connectivity index (χ0) is 21.1. The van der Waals surface area contributed by atoms with E-state index in [0.717, 1.165) is 23.4 Å². The van der Waals surface area contributed by atoms with Crippen molar-refractivity contribution >= 4 is 35.4 Å². The van der Waals surface area contributed by atoms with Gasteiger partial charge in [0.05, 0.1) is 11.8 Å². The highest BCUT2D eigenvalue weighted by Gasteiger charge is 2.48. The van der Waals surface area contributed by atoms with Crippen LogP contribution in [0.25, 0.3) is 0 Å². The molecule has 0 bridgehead atoms. The minimum Gasteiger partial charge on any atom is -0.456 e. The third-order valence-corrected chi connectivity index (χ3v) is 5.31. The first-order chi connectivity index (χ1) is 14.5. The average Bonchev–Trinajstić information content (AvgIpc) is 2.98. The predicted octanol–water partition coefficient (Wildman–Crippen LogP) is 1.42. The monoisotopic (exact) mass is 410 g/mol. The van der Waals surface area contributed by atoms with E-state index in [1.807, 2.05) is 30.3 Å². The number of hydrogen-bond donors (Lipinski definition) is 2. The van der Waals surface area contributed by atoms with E-state index in [4.69, 9.17) is 10.5 Å². The number of para-hydroxylation sites is 1. The number of imide groups is 1. The quantitative estimate of drug-likeness (QED) is 0.534. The zero-order valence-electron chi connectivity index (χ0n) is 16.3. The second-order valence-corrected chi connectivity index (χ2v) is 7.35.